The molecule has 0 aromatic rings. The van der Waals surface area contributed by atoms with Crippen molar-refractivity contribution in [2.45, 2.75) is 70.2 Å². The van der Waals surface area contributed by atoms with E-state index in [9.17, 15) is 5.11 Å². The van der Waals surface area contributed by atoms with E-state index < -0.39 is 5.60 Å². The number of nitrogens with zero attached hydrogens (tertiary/aromatic N) is 1. The molecule has 3 unspecified atom stereocenters. The molecule has 2 fully saturated rings. The molecule has 2 aliphatic heterocycles. The van der Waals surface area contributed by atoms with E-state index in [2.05, 4.69) is 25.7 Å². The third-order valence-electron chi connectivity index (χ3n) is 3.64. The molecule has 2 heteroatoms. The SMILES string of the molecule is CC1(O)CC2CCC1N2C(C)(C)C. The predicted molar refractivity (Wildman–Crippen MR) is 53.6 cm³/mol. The Bertz CT molecular complexity index is 217. The minimum atomic E-state index is -0.434. The van der Waals surface area contributed by atoms with E-state index in [1.165, 1.54) is 12.8 Å². The van der Waals surface area contributed by atoms with Crippen LogP contribution >= 0.6 is 0 Å². The summed E-state index contributed by atoms with van der Waals surface area (Å²) in [5, 5.41) is 10.2. The van der Waals surface area contributed by atoms with Gasteiger partial charge >= 0.3 is 0 Å². The Labute approximate surface area is 80.9 Å². The van der Waals surface area contributed by atoms with Crippen LogP contribution in [-0.4, -0.2) is 33.2 Å². The minimum absolute atomic E-state index is 0.215. The van der Waals surface area contributed by atoms with Crippen molar-refractivity contribution in [3.8, 4) is 0 Å². The summed E-state index contributed by atoms with van der Waals surface area (Å²) in [6.45, 7) is 8.74. The lowest BCUT2D eigenvalue weighted by atomic mass is 9.86. The molecule has 0 radical (unpaired) electrons. The van der Waals surface area contributed by atoms with E-state index in [0.29, 0.717) is 12.1 Å². The lowest BCUT2D eigenvalue weighted by Crippen LogP contribution is -2.48. The van der Waals surface area contributed by atoms with Gasteiger partial charge in [0.05, 0.1) is 5.60 Å². The largest absolute Gasteiger partial charge is 0.388 e. The molecule has 2 saturated heterocycles. The van der Waals surface area contributed by atoms with Crippen molar-refractivity contribution >= 4 is 0 Å². The molecule has 0 spiro atoms. The quantitative estimate of drug-likeness (QED) is 0.618. The van der Waals surface area contributed by atoms with Crippen LogP contribution in [-0.2, 0) is 0 Å². The number of hydrogen-bond donors (Lipinski definition) is 1. The van der Waals surface area contributed by atoms with Gasteiger partial charge in [-0.3, -0.25) is 4.90 Å². The van der Waals surface area contributed by atoms with Gasteiger partial charge in [-0.15, -0.1) is 0 Å². The molecular formula is C11H21NO. The lowest BCUT2D eigenvalue weighted by Gasteiger charge is -2.37. The summed E-state index contributed by atoms with van der Waals surface area (Å²) in [7, 11) is 0. The molecule has 2 rings (SSSR count). The summed E-state index contributed by atoms with van der Waals surface area (Å²) < 4.78 is 0. The van der Waals surface area contributed by atoms with Crippen molar-refractivity contribution < 1.29 is 5.11 Å². The van der Waals surface area contributed by atoms with E-state index in [0.717, 1.165) is 6.42 Å². The normalized spacial score (nSPS) is 45.9. The van der Waals surface area contributed by atoms with Crippen LogP contribution in [0.1, 0.15) is 47.0 Å². The van der Waals surface area contributed by atoms with Crippen LogP contribution in [0.15, 0.2) is 0 Å². The summed E-state index contributed by atoms with van der Waals surface area (Å²) in [4.78, 5) is 2.52. The Morgan fingerprint density at radius 2 is 1.92 bits per heavy atom. The van der Waals surface area contributed by atoms with Crippen LogP contribution in [0.2, 0.25) is 0 Å². The second kappa shape index (κ2) is 2.48. The molecule has 1 N–H and O–H groups in total. The zero-order chi connectivity index (χ0) is 9.85. The second-order valence-corrected chi connectivity index (χ2v) is 5.89. The van der Waals surface area contributed by atoms with Crippen LogP contribution in [0.3, 0.4) is 0 Å². The number of aliphatic hydroxyl groups is 1. The fraction of sp³-hybridized carbons (Fsp3) is 1.00. The molecule has 13 heavy (non-hydrogen) atoms. The highest BCUT2D eigenvalue weighted by Crippen LogP contribution is 2.47. The summed E-state index contributed by atoms with van der Waals surface area (Å²) in [6.07, 6.45) is 3.42. The van der Waals surface area contributed by atoms with E-state index in [-0.39, 0.29) is 5.54 Å². The van der Waals surface area contributed by atoms with Gasteiger partial charge in [0.15, 0.2) is 0 Å². The van der Waals surface area contributed by atoms with Crippen LogP contribution in [0.25, 0.3) is 0 Å². The summed E-state index contributed by atoms with van der Waals surface area (Å²) in [6, 6.07) is 1.03. The first-order valence-corrected chi connectivity index (χ1v) is 5.33. The first kappa shape index (κ1) is 9.47. The Balaban J connectivity index is 2.25. The third-order valence-corrected chi connectivity index (χ3v) is 3.64. The maximum atomic E-state index is 10.2. The molecule has 76 valence electrons. The zero-order valence-electron chi connectivity index (χ0n) is 9.17. The molecule has 3 atom stereocenters. The zero-order valence-corrected chi connectivity index (χ0v) is 9.17. The van der Waals surface area contributed by atoms with Gasteiger partial charge in [0.25, 0.3) is 0 Å². The van der Waals surface area contributed by atoms with Crippen LogP contribution < -0.4 is 0 Å². The van der Waals surface area contributed by atoms with Gasteiger partial charge in [-0.05, 0) is 47.0 Å². The molecule has 0 aromatic heterocycles. The van der Waals surface area contributed by atoms with Gasteiger partial charge in [0, 0.05) is 17.6 Å². The molecule has 0 aliphatic carbocycles. The van der Waals surface area contributed by atoms with Crippen LogP contribution in [0.4, 0.5) is 0 Å². The molecule has 0 aromatic carbocycles. The Morgan fingerprint density at radius 3 is 2.15 bits per heavy atom. The smallest absolute Gasteiger partial charge is 0.0789 e. The lowest BCUT2D eigenvalue weighted by molar-refractivity contribution is 0.00218. The second-order valence-electron chi connectivity index (χ2n) is 5.89. The highest BCUT2D eigenvalue weighted by Gasteiger charge is 2.55. The average molecular weight is 183 g/mol. The fourth-order valence-electron chi connectivity index (χ4n) is 3.32. The van der Waals surface area contributed by atoms with Crippen molar-refractivity contribution in [2.24, 2.45) is 0 Å². The number of fused-ring (bicyclic) bond motifs is 2. The summed E-state index contributed by atoms with van der Waals surface area (Å²) in [5.74, 6) is 0. The average Bonchev–Trinajstić information content (AvgIpc) is 2.36. The minimum Gasteiger partial charge on any atom is -0.388 e. The molecule has 0 saturated carbocycles. The standard InChI is InChI=1S/C11H21NO/c1-10(2,3)12-8-5-6-9(12)11(4,13)7-8/h8-9,13H,5-7H2,1-4H3. The van der Waals surface area contributed by atoms with Gasteiger partial charge in [0.2, 0.25) is 0 Å². The van der Waals surface area contributed by atoms with Gasteiger partial charge in [0.1, 0.15) is 0 Å². The van der Waals surface area contributed by atoms with E-state index in [1.54, 1.807) is 0 Å². The highest BCUT2D eigenvalue weighted by atomic mass is 16.3. The molecule has 2 heterocycles. The maximum Gasteiger partial charge on any atom is 0.0789 e. The number of rotatable bonds is 0. The fourth-order valence-corrected chi connectivity index (χ4v) is 3.32. The predicted octanol–water partition coefficient (Wildman–Crippen LogP) is 1.77. The van der Waals surface area contributed by atoms with E-state index >= 15 is 0 Å². The van der Waals surface area contributed by atoms with Gasteiger partial charge in [-0.1, -0.05) is 0 Å². The molecule has 2 bridgehead atoms. The van der Waals surface area contributed by atoms with Gasteiger partial charge < -0.3 is 5.11 Å². The molecule has 2 aliphatic rings. The van der Waals surface area contributed by atoms with E-state index in [4.69, 9.17) is 0 Å². The Morgan fingerprint density at radius 1 is 1.31 bits per heavy atom. The highest BCUT2D eigenvalue weighted by molar-refractivity contribution is 5.10. The first-order valence-electron chi connectivity index (χ1n) is 5.33. The van der Waals surface area contributed by atoms with Crippen LogP contribution in [0.5, 0.6) is 0 Å². The van der Waals surface area contributed by atoms with Crippen molar-refractivity contribution in [3.05, 3.63) is 0 Å². The maximum absolute atomic E-state index is 10.2. The number of hydrogen-bond acceptors (Lipinski definition) is 2. The van der Waals surface area contributed by atoms with Gasteiger partial charge in [-0.25, -0.2) is 0 Å². The van der Waals surface area contributed by atoms with Crippen molar-refractivity contribution in [2.75, 3.05) is 0 Å². The first-order chi connectivity index (χ1) is 5.82. The van der Waals surface area contributed by atoms with Crippen molar-refractivity contribution in [3.63, 3.8) is 0 Å². The Hall–Kier alpha value is -0.0800. The topological polar surface area (TPSA) is 23.5 Å². The molecule has 0 amide bonds. The van der Waals surface area contributed by atoms with Crippen LogP contribution in [0, 0.1) is 0 Å². The summed E-state index contributed by atoms with van der Waals surface area (Å²) >= 11 is 0. The molecule has 2 nitrogen and oxygen atoms in total. The Kier molecular flexibility index (Phi) is 1.81. The van der Waals surface area contributed by atoms with Gasteiger partial charge in [-0.2, -0.15) is 0 Å². The van der Waals surface area contributed by atoms with Crippen molar-refractivity contribution in [1.82, 2.24) is 4.90 Å². The third kappa shape index (κ3) is 1.31. The molecular weight excluding hydrogens is 162 g/mol. The van der Waals surface area contributed by atoms with E-state index in [1.807, 2.05) is 6.92 Å². The monoisotopic (exact) mass is 183 g/mol. The van der Waals surface area contributed by atoms with Crippen molar-refractivity contribution in [1.29, 1.82) is 0 Å². The summed E-state index contributed by atoms with van der Waals surface area (Å²) in [5.41, 5.74) is -0.220.